The molecule has 2 unspecified atom stereocenters. The van der Waals surface area contributed by atoms with Crippen molar-refractivity contribution in [2.24, 2.45) is 0 Å². The lowest BCUT2D eigenvalue weighted by Crippen LogP contribution is -2.45. The number of hydrogen-bond acceptors (Lipinski definition) is 3. The molecule has 0 rings (SSSR count). The second-order valence-electron chi connectivity index (χ2n) is 19.7. The fourth-order valence-corrected chi connectivity index (χ4v) is 8.26. The number of aliphatic hydroxyl groups is 2. The monoisotopic (exact) mass is 992 g/mol. The van der Waals surface area contributed by atoms with E-state index in [2.05, 4.69) is 153 Å². The topological polar surface area (TPSA) is 69.6 Å². The zero-order valence-electron chi connectivity index (χ0n) is 46.9. The van der Waals surface area contributed by atoms with Gasteiger partial charge < -0.3 is 15.5 Å². The first-order valence-electron chi connectivity index (χ1n) is 30.0. The molecule has 72 heavy (non-hydrogen) atoms. The van der Waals surface area contributed by atoms with Crippen LogP contribution in [0.1, 0.15) is 258 Å². The smallest absolute Gasteiger partial charge is 0.220 e. The van der Waals surface area contributed by atoms with E-state index in [1.54, 1.807) is 6.08 Å². The third-order valence-electron chi connectivity index (χ3n) is 12.8. The van der Waals surface area contributed by atoms with Crippen LogP contribution in [0.4, 0.5) is 0 Å². The standard InChI is InChI=1S/C68H113NO3/c1-3-5-7-9-11-13-15-17-19-21-23-25-27-29-31-32-33-34-35-36-38-40-42-44-46-48-50-52-54-56-58-60-62-64-68(72)69-66(65-70)67(71)63-61-59-57-55-53-51-49-47-45-43-41-39-37-30-28-26-24-22-20-18-16-14-12-10-8-6-4-2/h5,7,11,13,17,19,23,25,29,31,33-34,36,38,42,44-45,47-48,50,53,55,61,63,66-67,70-71H,3-4,6,8-10,12,14-16,18,20-22,24,26-28,30,32,35,37,39-41,43,46,49,51-52,54,56-60,62,64-65H2,1-2H3,(H,69,72)/b7-5-,13-11-,19-17-,25-23-,31-29-,34-33-,38-36-,44-42-,47-45+,50-48-,55-53+,63-61+. The van der Waals surface area contributed by atoms with E-state index in [4.69, 9.17) is 0 Å². The molecule has 0 fully saturated rings. The Labute approximate surface area is 446 Å². The first-order chi connectivity index (χ1) is 35.7. The third kappa shape index (κ3) is 57.2. The predicted octanol–water partition coefficient (Wildman–Crippen LogP) is 20.4. The van der Waals surface area contributed by atoms with Crippen LogP contribution in [0.25, 0.3) is 0 Å². The summed E-state index contributed by atoms with van der Waals surface area (Å²) in [6.07, 6.45) is 97.3. The van der Waals surface area contributed by atoms with Crippen molar-refractivity contribution in [3.63, 3.8) is 0 Å². The van der Waals surface area contributed by atoms with Crippen molar-refractivity contribution in [1.29, 1.82) is 0 Å². The molecule has 0 aliphatic carbocycles. The van der Waals surface area contributed by atoms with Crippen LogP contribution in [0.2, 0.25) is 0 Å². The summed E-state index contributed by atoms with van der Waals surface area (Å²) in [5.74, 6) is -0.102. The highest BCUT2D eigenvalue weighted by Gasteiger charge is 2.17. The van der Waals surface area contributed by atoms with Crippen LogP contribution in [0.15, 0.2) is 146 Å². The lowest BCUT2D eigenvalue weighted by Gasteiger charge is -2.19. The van der Waals surface area contributed by atoms with E-state index in [1.165, 1.54) is 122 Å². The summed E-state index contributed by atoms with van der Waals surface area (Å²) in [7, 11) is 0. The number of unbranched alkanes of at least 4 members (excludes halogenated alkanes) is 24. The largest absolute Gasteiger partial charge is 0.394 e. The van der Waals surface area contributed by atoms with Crippen molar-refractivity contribution < 1.29 is 15.0 Å². The average molecular weight is 993 g/mol. The zero-order chi connectivity index (χ0) is 52.0. The van der Waals surface area contributed by atoms with Gasteiger partial charge >= 0.3 is 0 Å². The van der Waals surface area contributed by atoms with Gasteiger partial charge in [0, 0.05) is 6.42 Å². The Balaban J connectivity index is 3.69. The van der Waals surface area contributed by atoms with Crippen LogP contribution in [0.3, 0.4) is 0 Å². The number of carbonyl (C=O) groups excluding carboxylic acids is 1. The SMILES string of the molecule is CC/C=C\C/C=C\C/C=C\C/C=C\C/C=C\C/C=C\C/C=C\C/C=C\C/C=C\CCCCCCCC(=O)NC(CO)C(O)/C=C/CC/C=C/CC/C=C/CCCCCCCCCCCCCCCCCCC. The molecule has 0 bridgehead atoms. The summed E-state index contributed by atoms with van der Waals surface area (Å²) in [5.41, 5.74) is 0. The lowest BCUT2D eigenvalue weighted by atomic mass is 10.0. The van der Waals surface area contributed by atoms with E-state index in [9.17, 15) is 15.0 Å². The molecule has 0 saturated carbocycles. The van der Waals surface area contributed by atoms with E-state index in [-0.39, 0.29) is 12.5 Å². The number of allylic oxidation sites excluding steroid dienone is 23. The molecule has 0 spiro atoms. The average Bonchev–Trinajstić information content (AvgIpc) is 3.39. The molecule has 0 aliphatic heterocycles. The highest BCUT2D eigenvalue weighted by molar-refractivity contribution is 5.76. The van der Waals surface area contributed by atoms with Crippen molar-refractivity contribution in [1.82, 2.24) is 5.32 Å². The fourth-order valence-electron chi connectivity index (χ4n) is 8.26. The van der Waals surface area contributed by atoms with Gasteiger partial charge in [0.15, 0.2) is 0 Å². The van der Waals surface area contributed by atoms with E-state index < -0.39 is 12.1 Å². The van der Waals surface area contributed by atoms with Crippen molar-refractivity contribution in [2.75, 3.05) is 6.61 Å². The van der Waals surface area contributed by atoms with Crippen LogP contribution >= 0.6 is 0 Å². The Morgan fingerprint density at radius 2 is 0.625 bits per heavy atom. The van der Waals surface area contributed by atoms with Crippen LogP contribution in [-0.2, 0) is 4.79 Å². The Bertz CT molecular complexity index is 1500. The molecule has 0 aliphatic rings. The molecule has 0 heterocycles. The number of nitrogens with one attached hydrogen (secondary N) is 1. The predicted molar refractivity (Wildman–Crippen MR) is 321 cm³/mol. The van der Waals surface area contributed by atoms with Crippen molar-refractivity contribution >= 4 is 5.91 Å². The minimum Gasteiger partial charge on any atom is -0.394 e. The summed E-state index contributed by atoms with van der Waals surface area (Å²) in [6, 6.07) is -0.669. The molecule has 0 radical (unpaired) electrons. The second-order valence-corrected chi connectivity index (χ2v) is 19.7. The number of aliphatic hydroxyl groups excluding tert-OH is 2. The van der Waals surface area contributed by atoms with Crippen LogP contribution in [-0.4, -0.2) is 34.9 Å². The molecule has 2 atom stereocenters. The van der Waals surface area contributed by atoms with Crippen molar-refractivity contribution in [2.45, 2.75) is 270 Å². The van der Waals surface area contributed by atoms with Crippen LogP contribution < -0.4 is 5.32 Å². The van der Waals surface area contributed by atoms with Crippen molar-refractivity contribution in [3.8, 4) is 0 Å². The van der Waals surface area contributed by atoms with Gasteiger partial charge in [-0.25, -0.2) is 0 Å². The summed E-state index contributed by atoms with van der Waals surface area (Å²) in [6.45, 7) is 4.18. The van der Waals surface area contributed by atoms with Gasteiger partial charge in [0.25, 0.3) is 0 Å². The van der Waals surface area contributed by atoms with Gasteiger partial charge in [0.05, 0.1) is 18.8 Å². The molecule has 0 aromatic carbocycles. The van der Waals surface area contributed by atoms with Gasteiger partial charge in [-0.3, -0.25) is 4.79 Å². The number of hydrogen-bond donors (Lipinski definition) is 3. The third-order valence-corrected chi connectivity index (χ3v) is 12.8. The Kier molecular flexibility index (Phi) is 58.4. The first-order valence-corrected chi connectivity index (χ1v) is 30.0. The molecule has 3 N–H and O–H groups in total. The highest BCUT2D eigenvalue weighted by atomic mass is 16.3. The lowest BCUT2D eigenvalue weighted by molar-refractivity contribution is -0.123. The van der Waals surface area contributed by atoms with Crippen molar-refractivity contribution in [3.05, 3.63) is 146 Å². The maximum absolute atomic E-state index is 12.5. The molecular formula is C68H113NO3. The summed E-state index contributed by atoms with van der Waals surface area (Å²) in [5, 5.41) is 23.2. The number of amides is 1. The normalized spacial score (nSPS) is 13.9. The molecule has 4 heteroatoms. The molecule has 0 aromatic rings. The fraction of sp³-hybridized carbons (Fsp3) is 0.632. The second kappa shape index (κ2) is 61.6. The van der Waals surface area contributed by atoms with Gasteiger partial charge in [-0.1, -0.05) is 282 Å². The Morgan fingerprint density at radius 3 is 0.972 bits per heavy atom. The maximum Gasteiger partial charge on any atom is 0.220 e. The molecule has 1 amide bonds. The number of rotatable bonds is 53. The zero-order valence-corrected chi connectivity index (χ0v) is 46.9. The Hall–Kier alpha value is -3.73. The van der Waals surface area contributed by atoms with Gasteiger partial charge in [-0.05, 0) is 116 Å². The molecule has 4 nitrogen and oxygen atoms in total. The summed E-state index contributed by atoms with van der Waals surface area (Å²) in [4.78, 5) is 12.5. The van der Waals surface area contributed by atoms with Gasteiger partial charge in [-0.2, -0.15) is 0 Å². The molecule has 408 valence electrons. The number of carbonyl (C=O) groups is 1. The van der Waals surface area contributed by atoms with Crippen LogP contribution in [0, 0.1) is 0 Å². The molecule has 0 saturated heterocycles. The first kappa shape index (κ1) is 68.3. The summed E-state index contributed by atoms with van der Waals surface area (Å²) < 4.78 is 0. The van der Waals surface area contributed by atoms with Crippen LogP contribution in [0.5, 0.6) is 0 Å². The van der Waals surface area contributed by atoms with Gasteiger partial charge in [-0.15, -0.1) is 0 Å². The minimum absolute atomic E-state index is 0.102. The van der Waals surface area contributed by atoms with E-state index in [0.29, 0.717) is 6.42 Å². The highest BCUT2D eigenvalue weighted by Crippen LogP contribution is 2.15. The molecule has 0 aromatic heterocycles. The minimum atomic E-state index is -0.891. The Morgan fingerprint density at radius 1 is 0.347 bits per heavy atom. The van der Waals surface area contributed by atoms with Gasteiger partial charge in [0.2, 0.25) is 5.91 Å². The molecular weight excluding hydrogens is 879 g/mol. The van der Waals surface area contributed by atoms with E-state index >= 15 is 0 Å². The quantitative estimate of drug-likeness (QED) is 0.0420. The van der Waals surface area contributed by atoms with Gasteiger partial charge in [0.1, 0.15) is 0 Å². The maximum atomic E-state index is 12.5. The van der Waals surface area contributed by atoms with E-state index in [0.717, 1.165) is 116 Å². The summed E-state index contributed by atoms with van der Waals surface area (Å²) >= 11 is 0. The van der Waals surface area contributed by atoms with E-state index in [1.807, 2.05) is 6.08 Å².